The molecule has 0 saturated heterocycles. The lowest BCUT2D eigenvalue weighted by atomic mass is 10.1. The van der Waals surface area contributed by atoms with Gasteiger partial charge in [0.1, 0.15) is 10.7 Å². The van der Waals surface area contributed by atoms with Crippen molar-refractivity contribution in [3.63, 3.8) is 0 Å². The lowest BCUT2D eigenvalue weighted by Gasteiger charge is -2.19. The third kappa shape index (κ3) is 2.55. The van der Waals surface area contributed by atoms with E-state index in [1.54, 1.807) is 12.1 Å². The van der Waals surface area contributed by atoms with Crippen LogP contribution in [0.4, 0.5) is 5.88 Å². The number of carbonyl (C=O) groups is 1. The van der Waals surface area contributed by atoms with Crippen molar-refractivity contribution in [3.05, 3.63) is 57.7 Å². The first-order valence-electron chi connectivity index (χ1n) is 6.81. The molecule has 10 nitrogen and oxygen atoms in total. The molecular formula is C14H7N5O5S. The van der Waals surface area contributed by atoms with Crippen LogP contribution in [0.2, 0.25) is 0 Å². The highest BCUT2D eigenvalue weighted by molar-refractivity contribution is 8.27. The Bertz CT molecular complexity index is 1000. The smallest absolute Gasteiger partial charge is 0.433 e. The fourth-order valence-electron chi connectivity index (χ4n) is 2.15. The van der Waals surface area contributed by atoms with E-state index in [2.05, 4.69) is 10.1 Å². The van der Waals surface area contributed by atoms with Gasteiger partial charge in [-0.25, -0.2) is 0 Å². The number of nitro groups is 1. The second-order valence-electron chi connectivity index (χ2n) is 4.84. The molecule has 0 radical (unpaired) electrons. The van der Waals surface area contributed by atoms with Gasteiger partial charge in [-0.2, -0.15) is 15.1 Å². The Hall–Kier alpha value is -3.47. The van der Waals surface area contributed by atoms with Crippen molar-refractivity contribution in [2.45, 2.75) is 0 Å². The number of amidine groups is 2. The van der Waals surface area contributed by atoms with Crippen LogP contribution < -0.4 is 0 Å². The molecule has 0 bridgehead atoms. The maximum atomic E-state index is 12.2. The number of nitrogens with one attached hydrogen (secondary N) is 1. The predicted molar refractivity (Wildman–Crippen MR) is 88.2 cm³/mol. The molecule has 2 aromatic rings. The molecule has 11 heteroatoms. The summed E-state index contributed by atoms with van der Waals surface area (Å²) in [5, 5.41) is 25.0. The van der Waals surface area contributed by atoms with Crippen LogP contribution >= 0.6 is 11.8 Å². The molecule has 0 spiro atoms. The standard InChI is InChI=1S/C14H7N5O5S/c15-11-8(6-7-3-4-10(24-7)19(21)22)12(20)16-14-18(11)17-13(25-14)9-2-1-5-23-9/h1-6,15H/b8-6-,15-11?. The first-order chi connectivity index (χ1) is 12.0. The molecule has 2 aliphatic heterocycles. The maximum Gasteiger partial charge on any atom is 0.433 e. The van der Waals surface area contributed by atoms with Gasteiger partial charge in [0.05, 0.1) is 17.9 Å². The number of hydrogen-bond donors (Lipinski definition) is 1. The minimum atomic E-state index is -0.691. The molecule has 1 N–H and O–H groups in total. The van der Waals surface area contributed by atoms with E-state index in [0.717, 1.165) is 17.8 Å². The molecular weight excluding hydrogens is 350 g/mol. The number of fused-ring (bicyclic) bond motifs is 1. The summed E-state index contributed by atoms with van der Waals surface area (Å²) in [6, 6.07) is 5.90. The van der Waals surface area contributed by atoms with Crippen LogP contribution in [0.15, 0.2) is 55.0 Å². The lowest BCUT2D eigenvalue weighted by Crippen LogP contribution is -2.35. The van der Waals surface area contributed by atoms with Gasteiger partial charge in [0.15, 0.2) is 16.6 Å². The zero-order valence-electron chi connectivity index (χ0n) is 12.2. The number of rotatable bonds is 3. The summed E-state index contributed by atoms with van der Waals surface area (Å²) < 4.78 is 10.2. The van der Waals surface area contributed by atoms with Crippen LogP contribution in [0.3, 0.4) is 0 Å². The van der Waals surface area contributed by atoms with Gasteiger partial charge in [0.2, 0.25) is 5.17 Å². The fraction of sp³-hybridized carbons (Fsp3) is 0. The maximum absolute atomic E-state index is 12.2. The largest absolute Gasteiger partial charge is 0.462 e. The van der Waals surface area contributed by atoms with Gasteiger partial charge in [0.25, 0.3) is 5.91 Å². The van der Waals surface area contributed by atoms with Gasteiger partial charge in [-0.05, 0) is 36.0 Å². The molecule has 0 saturated carbocycles. The summed E-state index contributed by atoms with van der Waals surface area (Å²) in [5.41, 5.74) is -0.0851. The topological polar surface area (TPSA) is 138 Å². The molecule has 2 aromatic heterocycles. The first kappa shape index (κ1) is 15.1. The van der Waals surface area contributed by atoms with Crippen LogP contribution in [-0.4, -0.2) is 31.9 Å². The van der Waals surface area contributed by atoms with Crippen molar-refractivity contribution in [2.24, 2.45) is 10.1 Å². The fourth-order valence-corrected chi connectivity index (χ4v) is 3.01. The monoisotopic (exact) mass is 357 g/mol. The van der Waals surface area contributed by atoms with Gasteiger partial charge in [-0.15, -0.1) is 0 Å². The molecule has 0 aliphatic carbocycles. The molecule has 2 aliphatic rings. The Labute approximate surface area is 143 Å². The van der Waals surface area contributed by atoms with Crippen molar-refractivity contribution >= 4 is 45.7 Å². The number of thioether (sulfide) groups is 1. The normalized spacial score (nSPS) is 18.4. The number of amides is 1. The first-order valence-corrected chi connectivity index (χ1v) is 7.63. The third-order valence-electron chi connectivity index (χ3n) is 3.27. The Kier molecular flexibility index (Phi) is 3.35. The number of aliphatic imine (C=N–C) groups is 1. The number of hydrazone groups is 1. The Morgan fingerprint density at radius 3 is 2.88 bits per heavy atom. The zero-order valence-corrected chi connectivity index (χ0v) is 13.0. The van der Waals surface area contributed by atoms with Gasteiger partial charge >= 0.3 is 5.88 Å². The second kappa shape index (κ2) is 5.56. The minimum absolute atomic E-state index is 0.0699. The van der Waals surface area contributed by atoms with Crippen molar-refractivity contribution in [3.8, 4) is 0 Å². The highest BCUT2D eigenvalue weighted by atomic mass is 32.2. The van der Waals surface area contributed by atoms with Gasteiger partial charge in [0, 0.05) is 0 Å². The van der Waals surface area contributed by atoms with Crippen molar-refractivity contribution in [1.82, 2.24) is 5.01 Å². The summed E-state index contributed by atoms with van der Waals surface area (Å²) in [5.74, 6) is -0.752. The van der Waals surface area contributed by atoms with E-state index in [4.69, 9.17) is 14.2 Å². The van der Waals surface area contributed by atoms with E-state index in [1.165, 1.54) is 23.4 Å². The minimum Gasteiger partial charge on any atom is -0.462 e. The molecule has 4 rings (SSSR count). The zero-order chi connectivity index (χ0) is 17.6. The molecule has 0 unspecified atom stereocenters. The number of nitrogens with zero attached hydrogens (tertiary/aromatic N) is 4. The van der Waals surface area contributed by atoms with E-state index in [-0.39, 0.29) is 22.3 Å². The third-order valence-corrected chi connectivity index (χ3v) is 4.19. The molecule has 0 atom stereocenters. The van der Waals surface area contributed by atoms with Crippen LogP contribution in [0.1, 0.15) is 11.5 Å². The quantitative estimate of drug-likeness (QED) is 0.505. The molecule has 1 amide bonds. The van der Waals surface area contributed by atoms with Crippen molar-refractivity contribution < 1.29 is 18.6 Å². The van der Waals surface area contributed by atoms with E-state index in [1.807, 2.05) is 0 Å². The van der Waals surface area contributed by atoms with E-state index in [9.17, 15) is 14.9 Å². The lowest BCUT2D eigenvalue weighted by molar-refractivity contribution is -0.402. The van der Waals surface area contributed by atoms with E-state index in [0.29, 0.717) is 10.8 Å². The van der Waals surface area contributed by atoms with Gasteiger partial charge in [-0.1, -0.05) is 0 Å². The van der Waals surface area contributed by atoms with Crippen molar-refractivity contribution in [2.75, 3.05) is 0 Å². The number of carbonyl (C=O) groups excluding carboxylic acids is 1. The van der Waals surface area contributed by atoms with E-state index >= 15 is 0 Å². The molecule has 124 valence electrons. The highest BCUT2D eigenvalue weighted by Gasteiger charge is 2.37. The van der Waals surface area contributed by atoms with Crippen LogP contribution in [0.5, 0.6) is 0 Å². The summed E-state index contributed by atoms with van der Waals surface area (Å²) in [4.78, 5) is 26.1. The number of hydrogen-bond acceptors (Lipinski definition) is 8. The SMILES string of the molecule is N=C1/C(=C/c2ccc([N+](=O)[O-])o2)C(=O)N=C2SC(c3ccco3)=NN12. The Morgan fingerprint density at radius 2 is 2.20 bits per heavy atom. The summed E-state index contributed by atoms with van der Waals surface area (Å²) in [6.45, 7) is 0. The number of furan rings is 2. The summed E-state index contributed by atoms with van der Waals surface area (Å²) >= 11 is 1.11. The van der Waals surface area contributed by atoms with Gasteiger partial charge < -0.3 is 8.83 Å². The Balaban J connectivity index is 1.68. The molecule has 25 heavy (non-hydrogen) atoms. The summed E-state index contributed by atoms with van der Waals surface area (Å²) in [7, 11) is 0. The van der Waals surface area contributed by atoms with E-state index < -0.39 is 16.7 Å². The van der Waals surface area contributed by atoms with Crippen molar-refractivity contribution in [1.29, 1.82) is 5.41 Å². The predicted octanol–water partition coefficient (Wildman–Crippen LogP) is 2.45. The Morgan fingerprint density at radius 1 is 1.36 bits per heavy atom. The van der Waals surface area contributed by atoms with Gasteiger partial charge in [-0.3, -0.25) is 20.3 Å². The molecule has 0 fully saturated rings. The molecule has 4 heterocycles. The average Bonchev–Trinajstić information content (AvgIpc) is 3.30. The van der Waals surface area contributed by atoms with Crippen LogP contribution in [0, 0.1) is 15.5 Å². The molecule has 0 aromatic carbocycles. The highest BCUT2D eigenvalue weighted by Crippen LogP contribution is 2.31. The van der Waals surface area contributed by atoms with Crippen LogP contribution in [0.25, 0.3) is 6.08 Å². The average molecular weight is 357 g/mol. The van der Waals surface area contributed by atoms with Crippen LogP contribution in [-0.2, 0) is 4.79 Å². The summed E-state index contributed by atoms with van der Waals surface area (Å²) in [6.07, 6.45) is 2.71. The second-order valence-corrected chi connectivity index (χ2v) is 5.79.